The van der Waals surface area contributed by atoms with Crippen molar-refractivity contribution in [1.82, 2.24) is 4.98 Å². The van der Waals surface area contributed by atoms with Crippen molar-refractivity contribution in [3.05, 3.63) is 24.6 Å². The first-order valence-electron chi connectivity index (χ1n) is 3.31. The third-order valence-electron chi connectivity index (χ3n) is 1.39. The summed E-state index contributed by atoms with van der Waals surface area (Å²) in [7, 11) is 0. The molecule has 0 atom stereocenters. The van der Waals surface area contributed by atoms with Crippen molar-refractivity contribution in [2.24, 2.45) is 0 Å². The van der Waals surface area contributed by atoms with Gasteiger partial charge in [-0.25, -0.2) is 18.6 Å². The second-order valence-corrected chi connectivity index (χ2v) is 4.48. The number of pyridine rings is 1. The highest BCUT2D eigenvalue weighted by Crippen LogP contribution is 2.25. The Morgan fingerprint density at radius 3 is 2.50 bits per heavy atom. The molecule has 76 valence electrons. The maximum Gasteiger partial charge on any atom is 0.338 e. The molecule has 1 aromatic heterocycles. The minimum absolute atomic E-state index is 0.0561. The molecule has 1 heterocycles. The Labute approximate surface area is 105 Å². The van der Waals surface area contributed by atoms with E-state index in [1.807, 2.05) is 0 Å². The number of rotatable bonds is 2. The molecule has 0 aliphatic carbocycles. The van der Waals surface area contributed by atoms with E-state index < -0.39 is 12.4 Å². The highest BCUT2D eigenvalue weighted by Gasteiger charge is 2.18. The van der Waals surface area contributed by atoms with Crippen molar-refractivity contribution in [3.63, 3.8) is 0 Å². The maximum absolute atomic E-state index is 12.3. The molecule has 1 N–H and O–H groups in total. The van der Waals surface area contributed by atoms with Crippen molar-refractivity contribution in [3.8, 4) is 0 Å². The zero-order valence-corrected chi connectivity index (χ0v) is 10.8. The number of halogens is 4. The van der Waals surface area contributed by atoms with E-state index in [4.69, 9.17) is 5.11 Å². The monoisotopic (exact) mass is 425 g/mol. The van der Waals surface area contributed by atoms with Gasteiger partial charge in [-0.3, -0.25) is 0 Å². The molecular weight excluding hydrogens is 422 g/mol. The first kappa shape index (κ1) is 12.0. The lowest BCUT2D eigenvalue weighted by molar-refractivity contribution is 0.0694. The average molecular weight is 425 g/mol. The van der Waals surface area contributed by atoms with Crippen LogP contribution in [-0.2, 0) is 0 Å². The number of aromatic carboxylic acids is 1. The molecule has 1 rings (SSSR count). The quantitative estimate of drug-likeness (QED) is 0.586. The van der Waals surface area contributed by atoms with Crippen LogP contribution in [0.3, 0.4) is 0 Å². The van der Waals surface area contributed by atoms with Gasteiger partial charge in [0.05, 0.1) is 5.56 Å². The van der Waals surface area contributed by atoms with Gasteiger partial charge in [-0.2, -0.15) is 0 Å². The molecular formula is C7H3F2I2NO2. The third-order valence-corrected chi connectivity index (χ3v) is 3.08. The van der Waals surface area contributed by atoms with E-state index in [1.165, 1.54) is 6.07 Å². The number of hydrogen-bond donors (Lipinski definition) is 1. The van der Waals surface area contributed by atoms with Crippen LogP contribution in [0.15, 0.2) is 6.07 Å². The topological polar surface area (TPSA) is 50.2 Å². The lowest BCUT2D eigenvalue weighted by Gasteiger charge is -2.05. The van der Waals surface area contributed by atoms with Gasteiger partial charge in [-0.1, -0.05) is 0 Å². The van der Waals surface area contributed by atoms with Gasteiger partial charge in [0, 0.05) is 3.57 Å². The van der Waals surface area contributed by atoms with Crippen LogP contribution in [0.5, 0.6) is 0 Å². The Hall–Kier alpha value is -0.0600. The summed E-state index contributed by atoms with van der Waals surface area (Å²) in [6.45, 7) is 0. The Balaban J connectivity index is 3.31. The van der Waals surface area contributed by atoms with Gasteiger partial charge in [-0.15, -0.1) is 0 Å². The fourth-order valence-electron chi connectivity index (χ4n) is 0.783. The van der Waals surface area contributed by atoms with Gasteiger partial charge in [0.25, 0.3) is 6.43 Å². The molecule has 0 aliphatic rings. The average Bonchev–Trinajstić information content (AvgIpc) is 2.07. The van der Waals surface area contributed by atoms with Crippen LogP contribution < -0.4 is 0 Å². The van der Waals surface area contributed by atoms with Gasteiger partial charge in [0.15, 0.2) is 0 Å². The van der Waals surface area contributed by atoms with E-state index in [1.54, 1.807) is 45.2 Å². The van der Waals surface area contributed by atoms with E-state index in [9.17, 15) is 13.6 Å². The van der Waals surface area contributed by atoms with Crippen molar-refractivity contribution < 1.29 is 18.7 Å². The summed E-state index contributed by atoms with van der Waals surface area (Å²) < 4.78 is 24.9. The van der Waals surface area contributed by atoms with Crippen molar-refractivity contribution >= 4 is 51.2 Å². The van der Waals surface area contributed by atoms with E-state index >= 15 is 0 Å². The van der Waals surface area contributed by atoms with E-state index in [0.717, 1.165) is 0 Å². The SMILES string of the molecule is O=C(O)c1cc(I)c(C(F)F)nc1I. The highest BCUT2D eigenvalue weighted by atomic mass is 127. The number of carboxylic acids is 1. The molecule has 7 heteroatoms. The molecule has 0 aromatic carbocycles. The summed E-state index contributed by atoms with van der Waals surface area (Å²) in [5.74, 6) is -1.17. The number of nitrogens with zero attached hydrogens (tertiary/aromatic N) is 1. The Morgan fingerprint density at radius 1 is 1.50 bits per heavy atom. The van der Waals surface area contributed by atoms with Gasteiger partial charge >= 0.3 is 5.97 Å². The normalized spacial score (nSPS) is 10.6. The Kier molecular flexibility index (Phi) is 3.98. The summed E-state index contributed by atoms with van der Waals surface area (Å²) >= 11 is 3.26. The van der Waals surface area contributed by atoms with Gasteiger partial charge in [0.1, 0.15) is 9.39 Å². The number of carbonyl (C=O) groups is 1. The first-order chi connectivity index (χ1) is 6.43. The fraction of sp³-hybridized carbons (Fsp3) is 0.143. The minimum Gasteiger partial charge on any atom is -0.478 e. The molecule has 0 bridgehead atoms. The smallest absolute Gasteiger partial charge is 0.338 e. The molecule has 0 saturated carbocycles. The lowest BCUT2D eigenvalue weighted by Crippen LogP contribution is -2.06. The summed E-state index contributed by atoms with van der Waals surface area (Å²) in [5.41, 5.74) is -0.431. The van der Waals surface area contributed by atoms with Crippen LogP contribution >= 0.6 is 45.2 Å². The van der Waals surface area contributed by atoms with E-state index in [2.05, 4.69) is 4.98 Å². The molecule has 1 aromatic rings. The number of hydrogen-bond acceptors (Lipinski definition) is 2. The molecule has 3 nitrogen and oxygen atoms in total. The van der Waals surface area contributed by atoms with Crippen LogP contribution in [0.25, 0.3) is 0 Å². The molecule has 0 spiro atoms. The largest absolute Gasteiger partial charge is 0.478 e. The molecule has 14 heavy (non-hydrogen) atoms. The standard InChI is InChI=1S/C7H3F2I2NO2/c8-5(9)4-3(10)1-2(7(13)14)6(11)12-4/h1,5H,(H,13,14). The zero-order chi connectivity index (χ0) is 10.9. The van der Waals surface area contributed by atoms with Crippen LogP contribution in [0.1, 0.15) is 22.5 Å². The van der Waals surface area contributed by atoms with E-state index in [-0.39, 0.29) is 18.5 Å². The minimum atomic E-state index is -2.68. The molecule has 0 unspecified atom stereocenters. The summed E-state index contributed by atoms with van der Waals surface area (Å²) in [4.78, 5) is 14.2. The zero-order valence-electron chi connectivity index (χ0n) is 6.47. The number of aromatic nitrogens is 1. The lowest BCUT2D eigenvalue weighted by atomic mass is 10.2. The third kappa shape index (κ3) is 2.49. The van der Waals surface area contributed by atoms with Crippen molar-refractivity contribution in [2.75, 3.05) is 0 Å². The molecule has 0 radical (unpaired) electrons. The second-order valence-electron chi connectivity index (χ2n) is 2.30. The molecule has 0 fully saturated rings. The number of alkyl halides is 2. The van der Waals surface area contributed by atoms with Crippen LogP contribution in [0.2, 0.25) is 0 Å². The number of carboxylic acid groups (broad SMARTS) is 1. The fourth-order valence-corrected chi connectivity index (χ4v) is 2.10. The van der Waals surface area contributed by atoms with Crippen molar-refractivity contribution in [1.29, 1.82) is 0 Å². The van der Waals surface area contributed by atoms with Crippen LogP contribution in [0.4, 0.5) is 8.78 Å². The predicted molar refractivity (Wildman–Crippen MR) is 61.6 cm³/mol. The first-order valence-corrected chi connectivity index (χ1v) is 5.46. The van der Waals surface area contributed by atoms with Crippen molar-refractivity contribution in [2.45, 2.75) is 6.43 Å². The molecule has 0 aliphatic heterocycles. The Bertz CT molecular complexity index is 384. The van der Waals surface area contributed by atoms with Gasteiger partial charge < -0.3 is 5.11 Å². The maximum atomic E-state index is 12.3. The summed E-state index contributed by atoms with van der Waals surface area (Å²) in [5, 5.41) is 8.68. The summed E-state index contributed by atoms with van der Waals surface area (Å²) in [6.07, 6.45) is -2.68. The highest BCUT2D eigenvalue weighted by molar-refractivity contribution is 14.1. The summed E-state index contributed by atoms with van der Waals surface area (Å²) in [6, 6.07) is 1.19. The predicted octanol–water partition coefficient (Wildman–Crippen LogP) is 2.93. The van der Waals surface area contributed by atoms with E-state index in [0.29, 0.717) is 0 Å². The second kappa shape index (κ2) is 4.64. The van der Waals surface area contributed by atoms with Crippen LogP contribution in [-0.4, -0.2) is 16.1 Å². The van der Waals surface area contributed by atoms with Crippen LogP contribution in [0, 0.1) is 7.27 Å². The molecule has 0 saturated heterocycles. The van der Waals surface area contributed by atoms with Gasteiger partial charge in [0.2, 0.25) is 0 Å². The Morgan fingerprint density at radius 2 is 2.07 bits per heavy atom. The van der Waals surface area contributed by atoms with Gasteiger partial charge in [-0.05, 0) is 51.2 Å². The molecule has 0 amide bonds.